The lowest BCUT2D eigenvalue weighted by Crippen LogP contribution is -2.48. The summed E-state index contributed by atoms with van der Waals surface area (Å²) in [7, 11) is -3.04. The van der Waals surface area contributed by atoms with Crippen LogP contribution in [0.4, 0.5) is 0 Å². The molecule has 198 valence electrons. The first-order valence-electron chi connectivity index (χ1n) is 12.5. The van der Waals surface area contributed by atoms with Crippen LogP contribution in [0.25, 0.3) is 0 Å². The first kappa shape index (κ1) is 26.1. The Morgan fingerprint density at radius 2 is 1.55 bits per heavy atom. The number of benzene rings is 2. The zero-order chi connectivity index (χ0) is 26.5. The van der Waals surface area contributed by atoms with E-state index in [0.29, 0.717) is 13.0 Å². The van der Waals surface area contributed by atoms with Gasteiger partial charge in [0.2, 0.25) is 5.75 Å². The van der Waals surface area contributed by atoms with E-state index >= 15 is 0 Å². The van der Waals surface area contributed by atoms with E-state index in [0.717, 1.165) is 49.5 Å². The third-order valence-corrected chi connectivity index (χ3v) is 8.25. The fourth-order valence-corrected chi connectivity index (χ4v) is 6.00. The standard InChI is InChI=1S/C28H30N4O5S/c33-27-26(29-18-30-28(27)34)25(17-32-19-38(35,36)20-32)15-23-7-3-21(4-8-23)1-2-22-5-9-24(10-6-22)16-31-11-13-37-14-12-31/h3-10,18,25,33H,11-17,19-20H2,(H,29,30,34). The van der Waals surface area contributed by atoms with Crippen molar-refractivity contribution in [2.24, 2.45) is 0 Å². The van der Waals surface area contributed by atoms with Gasteiger partial charge in [-0.3, -0.25) is 14.6 Å². The number of aromatic hydroxyl groups is 1. The van der Waals surface area contributed by atoms with E-state index in [1.54, 1.807) is 4.90 Å². The number of aromatic nitrogens is 2. The van der Waals surface area contributed by atoms with Crippen LogP contribution in [0.1, 0.15) is 33.9 Å². The first-order chi connectivity index (χ1) is 18.3. The molecule has 1 atom stereocenters. The highest BCUT2D eigenvalue weighted by molar-refractivity contribution is 7.92. The maximum absolute atomic E-state index is 11.9. The number of hydrogen-bond acceptors (Lipinski definition) is 8. The molecule has 2 aliphatic heterocycles. The van der Waals surface area contributed by atoms with Crippen molar-refractivity contribution in [3.8, 4) is 17.6 Å². The molecule has 0 radical (unpaired) electrons. The molecule has 2 N–H and O–H groups in total. The zero-order valence-corrected chi connectivity index (χ0v) is 21.8. The maximum atomic E-state index is 11.9. The van der Waals surface area contributed by atoms with Crippen LogP contribution < -0.4 is 5.56 Å². The van der Waals surface area contributed by atoms with E-state index in [4.69, 9.17) is 4.74 Å². The van der Waals surface area contributed by atoms with Crippen molar-refractivity contribution in [1.29, 1.82) is 0 Å². The molecule has 0 saturated carbocycles. The van der Waals surface area contributed by atoms with Crippen molar-refractivity contribution >= 4 is 9.84 Å². The number of nitrogens with zero attached hydrogens (tertiary/aromatic N) is 3. The summed E-state index contributed by atoms with van der Waals surface area (Å²) in [4.78, 5) is 22.6. The maximum Gasteiger partial charge on any atom is 0.293 e. The van der Waals surface area contributed by atoms with Crippen molar-refractivity contribution in [2.75, 3.05) is 44.6 Å². The van der Waals surface area contributed by atoms with Crippen LogP contribution >= 0.6 is 0 Å². The normalized spacial score (nSPS) is 18.2. The molecule has 1 aromatic heterocycles. The summed E-state index contributed by atoms with van der Waals surface area (Å²) >= 11 is 0. The monoisotopic (exact) mass is 534 g/mol. The third-order valence-electron chi connectivity index (χ3n) is 6.73. The molecule has 3 heterocycles. The lowest BCUT2D eigenvalue weighted by molar-refractivity contribution is 0.0342. The van der Waals surface area contributed by atoms with E-state index in [2.05, 4.69) is 38.8 Å². The summed E-state index contributed by atoms with van der Waals surface area (Å²) in [6.45, 7) is 4.78. The van der Waals surface area contributed by atoms with Gasteiger partial charge in [0.05, 0.1) is 25.2 Å². The van der Waals surface area contributed by atoms with Crippen molar-refractivity contribution in [1.82, 2.24) is 19.8 Å². The van der Waals surface area contributed by atoms with Crippen LogP contribution in [0.2, 0.25) is 0 Å². The minimum Gasteiger partial charge on any atom is -0.502 e. The summed E-state index contributed by atoms with van der Waals surface area (Å²) < 4.78 is 28.6. The van der Waals surface area contributed by atoms with Gasteiger partial charge in [0, 0.05) is 43.2 Å². The topological polar surface area (TPSA) is 116 Å². The van der Waals surface area contributed by atoms with Gasteiger partial charge < -0.3 is 14.8 Å². The highest BCUT2D eigenvalue weighted by Crippen LogP contribution is 2.27. The Hall–Kier alpha value is -3.49. The van der Waals surface area contributed by atoms with Gasteiger partial charge in [-0.15, -0.1) is 0 Å². The van der Waals surface area contributed by atoms with Crippen molar-refractivity contribution < 1.29 is 18.3 Å². The summed E-state index contributed by atoms with van der Waals surface area (Å²) in [5, 5.41) is 10.3. The molecule has 2 aliphatic rings. The Labute approximate surface area is 222 Å². The highest BCUT2D eigenvalue weighted by atomic mass is 32.2. The second-order valence-electron chi connectivity index (χ2n) is 9.75. The lowest BCUT2D eigenvalue weighted by Gasteiger charge is -2.33. The van der Waals surface area contributed by atoms with E-state index in [1.165, 1.54) is 11.9 Å². The number of aromatic amines is 1. The molecule has 0 aliphatic carbocycles. The smallest absolute Gasteiger partial charge is 0.293 e. The van der Waals surface area contributed by atoms with Crippen LogP contribution in [0, 0.1) is 11.8 Å². The van der Waals surface area contributed by atoms with Gasteiger partial charge >= 0.3 is 0 Å². The highest BCUT2D eigenvalue weighted by Gasteiger charge is 2.33. The number of morpholine rings is 1. The van der Waals surface area contributed by atoms with Gasteiger partial charge in [0.15, 0.2) is 9.84 Å². The Morgan fingerprint density at radius 3 is 2.16 bits per heavy atom. The molecule has 0 spiro atoms. The molecule has 10 heteroatoms. The third kappa shape index (κ3) is 6.68. The molecular weight excluding hydrogens is 504 g/mol. The van der Waals surface area contributed by atoms with Gasteiger partial charge in [-0.1, -0.05) is 36.1 Å². The molecule has 0 amide bonds. The van der Waals surface area contributed by atoms with Crippen LogP contribution in [0.15, 0.2) is 59.7 Å². The molecule has 38 heavy (non-hydrogen) atoms. The van der Waals surface area contributed by atoms with E-state index in [-0.39, 0.29) is 23.4 Å². The summed E-state index contributed by atoms with van der Waals surface area (Å²) in [5.41, 5.74) is 3.69. The van der Waals surface area contributed by atoms with Gasteiger partial charge in [-0.25, -0.2) is 13.4 Å². The second kappa shape index (κ2) is 11.5. The van der Waals surface area contributed by atoms with Crippen LogP contribution in [-0.4, -0.2) is 77.9 Å². The van der Waals surface area contributed by atoms with Crippen LogP contribution in [-0.2, 0) is 27.5 Å². The molecule has 2 aromatic carbocycles. The van der Waals surface area contributed by atoms with Gasteiger partial charge in [-0.2, -0.15) is 0 Å². The molecule has 0 bridgehead atoms. The summed E-state index contributed by atoms with van der Waals surface area (Å²) in [6, 6.07) is 16.1. The van der Waals surface area contributed by atoms with E-state index in [9.17, 15) is 18.3 Å². The average molecular weight is 535 g/mol. The van der Waals surface area contributed by atoms with Gasteiger partial charge in [0.1, 0.15) is 11.8 Å². The minimum atomic E-state index is -3.04. The molecule has 3 aromatic rings. The molecule has 2 saturated heterocycles. The molecule has 1 unspecified atom stereocenters. The van der Waals surface area contributed by atoms with Crippen molar-refractivity contribution in [3.05, 3.63) is 93.2 Å². The quantitative estimate of drug-likeness (QED) is 0.440. The average Bonchev–Trinajstić information content (AvgIpc) is 2.90. The lowest BCUT2D eigenvalue weighted by atomic mass is 9.94. The fraction of sp³-hybridized carbons (Fsp3) is 0.357. The van der Waals surface area contributed by atoms with Crippen LogP contribution in [0.5, 0.6) is 5.75 Å². The number of rotatable bonds is 7. The predicted molar refractivity (Wildman–Crippen MR) is 143 cm³/mol. The number of sulfone groups is 1. The Bertz CT molecular complexity index is 1470. The van der Waals surface area contributed by atoms with Gasteiger partial charge in [-0.05, 0) is 41.8 Å². The summed E-state index contributed by atoms with van der Waals surface area (Å²) in [6.07, 6.45) is 1.74. The second-order valence-corrected chi connectivity index (χ2v) is 11.8. The molecule has 9 nitrogen and oxygen atoms in total. The van der Waals surface area contributed by atoms with E-state index < -0.39 is 21.1 Å². The van der Waals surface area contributed by atoms with Gasteiger partial charge in [0.25, 0.3) is 5.56 Å². The molecular formula is C28H30N4O5S. The van der Waals surface area contributed by atoms with Crippen molar-refractivity contribution in [2.45, 2.75) is 18.9 Å². The largest absolute Gasteiger partial charge is 0.502 e. The minimum absolute atomic E-state index is 0.0316. The Balaban J connectivity index is 1.24. The molecule has 2 fully saturated rings. The molecule has 5 rings (SSSR count). The van der Waals surface area contributed by atoms with E-state index in [1.807, 2.05) is 36.4 Å². The predicted octanol–water partition coefficient (Wildman–Crippen LogP) is 1.68. The SMILES string of the molecule is O=c1[nH]cnc(C(Cc2ccc(C#Cc3ccc(CN4CCOCC4)cc3)cc2)CN2CS(=O)(=O)C2)c1O. The number of nitrogens with one attached hydrogen (secondary N) is 1. The number of ether oxygens (including phenoxy) is 1. The van der Waals surface area contributed by atoms with Crippen LogP contribution in [0.3, 0.4) is 0 Å². The number of hydrogen-bond donors (Lipinski definition) is 2. The number of H-pyrrole nitrogens is 1. The zero-order valence-electron chi connectivity index (χ0n) is 21.0. The fourth-order valence-electron chi connectivity index (χ4n) is 4.75. The summed E-state index contributed by atoms with van der Waals surface area (Å²) in [5.74, 6) is 5.57. The van der Waals surface area contributed by atoms with Crippen molar-refractivity contribution in [3.63, 3.8) is 0 Å². The Kier molecular flexibility index (Phi) is 7.90. The Morgan fingerprint density at radius 1 is 0.947 bits per heavy atom. The first-order valence-corrected chi connectivity index (χ1v) is 14.4.